The molecule has 0 aliphatic rings. The first-order chi connectivity index (χ1) is 8.65. The molecule has 0 aliphatic carbocycles. The average molecular weight is 247 g/mol. The summed E-state index contributed by atoms with van der Waals surface area (Å²) in [5.41, 5.74) is 0.745. The number of aromatic carboxylic acids is 1. The first-order valence-corrected chi connectivity index (χ1v) is 5.21. The van der Waals surface area contributed by atoms with Crippen LogP contribution in [0.2, 0.25) is 0 Å². The van der Waals surface area contributed by atoms with E-state index in [4.69, 9.17) is 9.84 Å². The third-order valence-corrected chi connectivity index (χ3v) is 2.26. The van der Waals surface area contributed by atoms with Gasteiger partial charge in [-0.3, -0.25) is 4.98 Å². The van der Waals surface area contributed by atoms with Gasteiger partial charge in [0.05, 0.1) is 5.56 Å². The lowest BCUT2D eigenvalue weighted by Crippen LogP contribution is -2.01. The molecule has 2 aromatic rings. The van der Waals surface area contributed by atoms with E-state index in [2.05, 4.69) is 4.98 Å². The van der Waals surface area contributed by atoms with E-state index < -0.39 is 5.97 Å². The summed E-state index contributed by atoms with van der Waals surface area (Å²) < 4.78 is 18.0. The van der Waals surface area contributed by atoms with Crippen LogP contribution in [-0.2, 0) is 6.61 Å². The van der Waals surface area contributed by atoms with Gasteiger partial charge < -0.3 is 9.84 Å². The number of nitrogens with zero attached hydrogens (tertiary/aromatic N) is 1. The molecule has 0 aliphatic heterocycles. The van der Waals surface area contributed by atoms with Gasteiger partial charge in [-0.2, -0.15) is 0 Å². The van der Waals surface area contributed by atoms with Gasteiger partial charge in [0.2, 0.25) is 0 Å². The van der Waals surface area contributed by atoms with Crippen molar-refractivity contribution < 1.29 is 19.0 Å². The lowest BCUT2D eigenvalue weighted by Gasteiger charge is -2.06. The first-order valence-electron chi connectivity index (χ1n) is 5.21. The van der Waals surface area contributed by atoms with Crippen LogP contribution in [0.25, 0.3) is 0 Å². The molecule has 0 unspecified atom stereocenters. The summed E-state index contributed by atoms with van der Waals surface area (Å²) in [5.74, 6) is -0.861. The third kappa shape index (κ3) is 3.04. The monoisotopic (exact) mass is 247 g/mol. The van der Waals surface area contributed by atoms with Gasteiger partial charge in [0.15, 0.2) is 0 Å². The zero-order chi connectivity index (χ0) is 13.0. The summed E-state index contributed by atoms with van der Waals surface area (Å²) in [6.45, 7) is 0.180. The molecule has 1 heterocycles. The minimum absolute atomic E-state index is 0.107. The Morgan fingerprint density at radius 1 is 1.28 bits per heavy atom. The molecule has 4 nitrogen and oxygen atoms in total. The number of carboxylic acid groups (broad SMARTS) is 1. The Bertz CT molecular complexity index is 554. The van der Waals surface area contributed by atoms with Crippen LogP contribution in [0, 0.1) is 5.82 Å². The third-order valence-electron chi connectivity index (χ3n) is 2.26. The van der Waals surface area contributed by atoms with E-state index in [9.17, 15) is 9.18 Å². The zero-order valence-electron chi connectivity index (χ0n) is 9.34. The summed E-state index contributed by atoms with van der Waals surface area (Å²) >= 11 is 0. The van der Waals surface area contributed by atoms with Gasteiger partial charge in [-0.1, -0.05) is 0 Å². The minimum Gasteiger partial charge on any atom is -0.489 e. The van der Waals surface area contributed by atoms with E-state index in [1.807, 2.05) is 0 Å². The zero-order valence-corrected chi connectivity index (χ0v) is 9.34. The second-order valence-corrected chi connectivity index (χ2v) is 3.63. The maximum absolute atomic E-state index is 12.7. The first kappa shape index (κ1) is 12.0. The Morgan fingerprint density at radius 2 is 2.00 bits per heavy atom. The number of carboxylic acids is 1. The number of pyridine rings is 1. The number of hydrogen-bond acceptors (Lipinski definition) is 3. The Balaban J connectivity index is 2.04. The normalized spacial score (nSPS) is 10.1. The predicted octanol–water partition coefficient (Wildman–Crippen LogP) is 2.50. The Labute approximate surface area is 103 Å². The van der Waals surface area contributed by atoms with Gasteiger partial charge in [-0.15, -0.1) is 0 Å². The van der Waals surface area contributed by atoms with Crippen molar-refractivity contribution in [1.82, 2.24) is 4.98 Å². The molecule has 2 rings (SSSR count). The van der Waals surface area contributed by atoms with Crippen LogP contribution in [0.15, 0.2) is 42.7 Å². The van der Waals surface area contributed by atoms with E-state index >= 15 is 0 Å². The molecule has 0 saturated carbocycles. The van der Waals surface area contributed by atoms with Crippen molar-refractivity contribution in [2.75, 3.05) is 0 Å². The highest BCUT2D eigenvalue weighted by molar-refractivity contribution is 5.87. The van der Waals surface area contributed by atoms with Crippen LogP contribution in [-0.4, -0.2) is 16.1 Å². The molecule has 0 amide bonds. The van der Waals surface area contributed by atoms with Gasteiger partial charge in [-0.05, 0) is 30.3 Å². The average Bonchev–Trinajstić information content (AvgIpc) is 2.38. The van der Waals surface area contributed by atoms with Crippen molar-refractivity contribution in [3.8, 4) is 5.75 Å². The molecule has 0 fully saturated rings. The van der Waals surface area contributed by atoms with Crippen LogP contribution >= 0.6 is 0 Å². The second kappa shape index (κ2) is 5.27. The lowest BCUT2D eigenvalue weighted by molar-refractivity contribution is 0.0696. The van der Waals surface area contributed by atoms with Crippen molar-refractivity contribution in [3.05, 3.63) is 59.7 Å². The molecule has 18 heavy (non-hydrogen) atoms. The smallest absolute Gasteiger partial charge is 0.337 e. The molecule has 92 valence electrons. The van der Waals surface area contributed by atoms with Gasteiger partial charge in [0.25, 0.3) is 0 Å². The number of benzene rings is 1. The van der Waals surface area contributed by atoms with Crippen LogP contribution in [0.3, 0.4) is 0 Å². The highest BCUT2D eigenvalue weighted by Gasteiger charge is 2.04. The number of aromatic nitrogens is 1. The van der Waals surface area contributed by atoms with E-state index in [-0.39, 0.29) is 18.0 Å². The van der Waals surface area contributed by atoms with Crippen LogP contribution in [0.1, 0.15) is 15.9 Å². The Morgan fingerprint density at radius 3 is 2.67 bits per heavy atom. The fraction of sp³-hybridized carbons (Fsp3) is 0.0769. The maximum atomic E-state index is 12.7. The molecule has 0 spiro atoms. The summed E-state index contributed by atoms with van der Waals surface area (Å²) in [7, 11) is 0. The molecule has 1 aromatic carbocycles. The van der Waals surface area contributed by atoms with Gasteiger partial charge in [0.1, 0.15) is 18.2 Å². The van der Waals surface area contributed by atoms with Crippen LogP contribution < -0.4 is 4.74 Å². The van der Waals surface area contributed by atoms with Crippen molar-refractivity contribution in [2.24, 2.45) is 0 Å². The lowest BCUT2D eigenvalue weighted by atomic mass is 10.2. The van der Waals surface area contributed by atoms with Crippen molar-refractivity contribution in [3.63, 3.8) is 0 Å². The number of rotatable bonds is 4. The Kier molecular flexibility index (Phi) is 3.52. The van der Waals surface area contributed by atoms with Crippen molar-refractivity contribution >= 4 is 5.97 Å². The fourth-order valence-electron chi connectivity index (χ4n) is 1.38. The molecular formula is C13H10FNO3. The predicted molar refractivity (Wildman–Crippen MR) is 61.9 cm³/mol. The maximum Gasteiger partial charge on any atom is 0.337 e. The molecule has 1 aromatic heterocycles. The van der Waals surface area contributed by atoms with Crippen molar-refractivity contribution in [1.29, 1.82) is 0 Å². The van der Waals surface area contributed by atoms with Crippen LogP contribution in [0.5, 0.6) is 5.75 Å². The number of halogens is 1. The molecule has 1 N–H and O–H groups in total. The molecule has 0 radical (unpaired) electrons. The number of hydrogen-bond donors (Lipinski definition) is 1. The summed E-state index contributed by atoms with van der Waals surface area (Å²) in [5, 5.41) is 8.80. The number of ether oxygens (including phenoxy) is 1. The van der Waals surface area contributed by atoms with E-state index in [0.717, 1.165) is 0 Å². The summed E-state index contributed by atoms with van der Waals surface area (Å²) in [6.07, 6.45) is 2.79. The van der Waals surface area contributed by atoms with Gasteiger partial charge in [-0.25, -0.2) is 9.18 Å². The molecule has 0 bridgehead atoms. The van der Waals surface area contributed by atoms with E-state index in [1.165, 1.54) is 42.7 Å². The quantitative estimate of drug-likeness (QED) is 0.901. The van der Waals surface area contributed by atoms with Gasteiger partial charge in [0, 0.05) is 18.0 Å². The molecule has 0 atom stereocenters. The molecule has 0 saturated heterocycles. The molecule has 5 heteroatoms. The van der Waals surface area contributed by atoms with Crippen LogP contribution in [0.4, 0.5) is 4.39 Å². The Hall–Kier alpha value is -2.43. The fourth-order valence-corrected chi connectivity index (χ4v) is 1.38. The minimum atomic E-state index is -1.04. The summed E-state index contributed by atoms with van der Waals surface area (Å²) in [6, 6.07) is 7.08. The highest BCUT2D eigenvalue weighted by Crippen LogP contribution is 2.13. The SMILES string of the molecule is O=C(O)c1cncc(COc2ccc(F)cc2)c1. The molecular weight excluding hydrogens is 237 g/mol. The summed E-state index contributed by atoms with van der Waals surface area (Å²) in [4.78, 5) is 14.6. The number of carbonyl (C=O) groups is 1. The van der Waals surface area contributed by atoms with Crippen molar-refractivity contribution in [2.45, 2.75) is 6.61 Å². The van der Waals surface area contributed by atoms with E-state index in [0.29, 0.717) is 11.3 Å². The standard InChI is InChI=1S/C13H10FNO3/c14-11-1-3-12(4-2-11)18-8-9-5-10(13(16)17)7-15-6-9/h1-7H,8H2,(H,16,17). The largest absolute Gasteiger partial charge is 0.489 e. The van der Waals surface area contributed by atoms with E-state index in [1.54, 1.807) is 0 Å². The van der Waals surface area contributed by atoms with Gasteiger partial charge >= 0.3 is 5.97 Å². The topological polar surface area (TPSA) is 59.4 Å². The second-order valence-electron chi connectivity index (χ2n) is 3.63. The highest BCUT2D eigenvalue weighted by atomic mass is 19.1.